The summed E-state index contributed by atoms with van der Waals surface area (Å²) in [6, 6.07) is 7.91. The standard InChI is InChI=1S/C15H23N3O2/c1-13-3-2-4-14(11-13)20-10-7-17-15(19)12-18-8-5-16-6-9-18/h2-4,11,16H,5-10,12H2,1H3,(H,17,19). The van der Waals surface area contributed by atoms with Crippen molar-refractivity contribution < 1.29 is 9.53 Å². The summed E-state index contributed by atoms with van der Waals surface area (Å²) in [5.74, 6) is 0.918. The summed E-state index contributed by atoms with van der Waals surface area (Å²) in [6.45, 7) is 7.35. The Hall–Kier alpha value is -1.59. The Morgan fingerprint density at radius 3 is 2.95 bits per heavy atom. The third kappa shape index (κ3) is 5.19. The van der Waals surface area contributed by atoms with E-state index < -0.39 is 0 Å². The molecule has 0 spiro atoms. The molecule has 0 atom stereocenters. The van der Waals surface area contributed by atoms with Crippen LogP contribution in [0, 0.1) is 6.92 Å². The average Bonchev–Trinajstić information content (AvgIpc) is 2.45. The first-order valence-electron chi connectivity index (χ1n) is 7.13. The van der Waals surface area contributed by atoms with E-state index in [0.717, 1.165) is 31.9 Å². The van der Waals surface area contributed by atoms with Crippen LogP contribution in [-0.4, -0.2) is 56.7 Å². The Kier molecular flexibility index (Phi) is 5.83. The molecule has 2 N–H and O–H groups in total. The number of rotatable bonds is 6. The van der Waals surface area contributed by atoms with Crippen LogP contribution in [0.15, 0.2) is 24.3 Å². The molecule has 0 bridgehead atoms. The Balaban J connectivity index is 1.59. The van der Waals surface area contributed by atoms with Crippen molar-refractivity contribution in [3.05, 3.63) is 29.8 Å². The predicted molar refractivity (Wildman–Crippen MR) is 79.0 cm³/mol. The van der Waals surface area contributed by atoms with Gasteiger partial charge in [0.15, 0.2) is 0 Å². The highest BCUT2D eigenvalue weighted by Crippen LogP contribution is 2.11. The molecule has 0 unspecified atom stereocenters. The number of nitrogens with zero attached hydrogens (tertiary/aromatic N) is 1. The van der Waals surface area contributed by atoms with Crippen molar-refractivity contribution in [3.8, 4) is 5.75 Å². The Morgan fingerprint density at radius 2 is 2.20 bits per heavy atom. The molecule has 20 heavy (non-hydrogen) atoms. The van der Waals surface area contributed by atoms with E-state index in [1.54, 1.807) is 0 Å². The highest BCUT2D eigenvalue weighted by molar-refractivity contribution is 5.78. The number of amides is 1. The van der Waals surface area contributed by atoms with Gasteiger partial charge in [0, 0.05) is 26.2 Å². The zero-order valence-electron chi connectivity index (χ0n) is 12.0. The van der Waals surface area contributed by atoms with Gasteiger partial charge in [-0.3, -0.25) is 9.69 Å². The number of nitrogens with one attached hydrogen (secondary N) is 2. The first-order valence-corrected chi connectivity index (χ1v) is 7.13. The van der Waals surface area contributed by atoms with E-state index in [0.29, 0.717) is 19.7 Å². The zero-order valence-corrected chi connectivity index (χ0v) is 12.0. The molecule has 0 aliphatic carbocycles. The highest BCUT2D eigenvalue weighted by atomic mass is 16.5. The van der Waals surface area contributed by atoms with Crippen LogP contribution in [0.2, 0.25) is 0 Å². The van der Waals surface area contributed by atoms with E-state index in [9.17, 15) is 4.79 Å². The maximum Gasteiger partial charge on any atom is 0.234 e. The topological polar surface area (TPSA) is 53.6 Å². The first-order chi connectivity index (χ1) is 9.74. The minimum Gasteiger partial charge on any atom is -0.492 e. The molecule has 1 heterocycles. The Bertz CT molecular complexity index is 431. The third-order valence-corrected chi connectivity index (χ3v) is 3.26. The highest BCUT2D eigenvalue weighted by Gasteiger charge is 2.12. The number of benzene rings is 1. The van der Waals surface area contributed by atoms with Crippen LogP contribution >= 0.6 is 0 Å². The second-order valence-electron chi connectivity index (χ2n) is 5.04. The van der Waals surface area contributed by atoms with Crippen molar-refractivity contribution in [1.29, 1.82) is 0 Å². The predicted octanol–water partition coefficient (Wildman–Crippen LogP) is 0.395. The van der Waals surface area contributed by atoms with Gasteiger partial charge in [-0.2, -0.15) is 0 Å². The van der Waals surface area contributed by atoms with Crippen LogP contribution in [0.4, 0.5) is 0 Å². The van der Waals surface area contributed by atoms with Gasteiger partial charge in [0.1, 0.15) is 12.4 Å². The number of aryl methyl sites for hydroxylation is 1. The number of ether oxygens (including phenoxy) is 1. The maximum atomic E-state index is 11.7. The summed E-state index contributed by atoms with van der Waals surface area (Å²) in [4.78, 5) is 13.9. The summed E-state index contributed by atoms with van der Waals surface area (Å²) < 4.78 is 5.59. The van der Waals surface area contributed by atoms with Gasteiger partial charge in [0.2, 0.25) is 5.91 Å². The number of carbonyl (C=O) groups is 1. The van der Waals surface area contributed by atoms with Crippen molar-refractivity contribution in [1.82, 2.24) is 15.5 Å². The molecule has 1 fully saturated rings. The molecular weight excluding hydrogens is 254 g/mol. The summed E-state index contributed by atoms with van der Waals surface area (Å²) in [6.07, 6.45) is 0. The van der Waals surface area contributed by atoms with Crippen LogP contribution in [0.25, 0.3) is 0 Å². The fourth-order valence-corrected chi connectivity index (χ4v) is 2.19. The Morgan fingerprint density at radius 1 is 1.40 bits per heavy atom. The fourth-order valence-electron chi connectivity index (χ4n) is 2.19. The monoisotopic (exact) mass is 277 g/mol. The number of carbonyl (C=O) groups excluding carboxylic acids is 1. The van der Waals surface area contributed by atoms with E-state index in [1.807, 2.05) is 31.2 Å². The lowest BCUT2D eigenvalue weighted by Gasteiger charge is -2.26. The van der Waals surface area contributed by atoms with Crippen LogP contribution in [0.3, 0.4) is 0 Å². The summed E-state index contributed by atoms with van der Waals surface area (Å²) in [7, 11) is 0. The van der Waals surface area contributed by atoms with Crippen molar-refractivity contribution in [2.45, 2.75) is 6.92 Å². The van der Waals surface area contributed by atoms with Crippen LogP contribution < -0.4 is 15.4 Å². The second-order valence-corrected chi connectivity index (χ2v) is 5.04. The molecule has 1 aliphatic heterocycles. The lowest BCUT2D eigenvalue weighted by molar-refractivity contribution is -0.122. The van der Waals surface area contributed by atoms with Gasteiger partial charge in [0.05, 0.1) is 13.1 Å². The van der Waals surface area contributed by atoms with Gasteiger partial charge in [-0.25, -0.2) is 0 Å². The molecule has 1 amide bonds. The molecular formula is C15H23N3O2. The molecule has 1 aromatic rings. The minimum absolute atomic E-state index is 0.0692. The molecule has 0 aromatic heterocycles. The quantitative estimate of drug-likeness (QED) is 0.739. The van der Waals surface area contributed by atoms with E-state index in [4.69, 9.17) is 4.74 Å². The molecule has 1 aliphatic rings. The van der Waals surface area contributed by atoms with E-state index in [1.165, 1.54) is 5.56 Å². The lowest BCUT2D eigenvalue weighted by Crippen LogP contribution is -2.47. The molecule has 2 rings (SSSR count). The van der Waals surface area contributed by atoms with Crippen LogP contribution in [-0.2, 0) is 4.79 Å². The van der Waals surface area contributed by atoms with Crippen molar-refractivity contribution >= 4 is 5.91 Å². The number of hydrogen-bond acceptors (Lipinski definition) is 4. The van der Waals surface area contributed by atoms with Gasteiger partial charge in [-0.1, -0.05) is 12.1 Å². The molecule has 5 nitrogen and oxygen atoms in total. The number of piperazine rings is 1. The molecule has 5 heteroatoms. The molecule has 0 radical (unpaired) electrons. The zero-order chi connectivity index (χ0) is 14.2. The van der Waals surface area contributed by atoms with Crippen LogP contribution in [0.1, 0.15) is 5.56 Å². The van der Waals surface area contributed by atoms with Crippen molar-refractivity contribution in [3.63, 3.8) is 0 Å². The molecule has 1 saturated heterocycles. The third-order valence-electron chi connectivity index (χ3n) is 3.26. The average molecular weight is 277 g/mol. The normalized spacial score (nSPS) is 15.8. The van der Waals surface area contributed by atoms with Gasteiger partial charge in [-0.05, 0) is 24.6 Å². The van der Waals surface area contributed by atoms with Gasteiger partial charge >= 0.3 is 0 Å². The maximum absolute atomic E-state index is 11.7. The summed E-state index contributed by atoms with van der Waals surface area (Å²) in [5, 5.41) is 6.16. The van der Waals surface area contributed by atoms with Crippen molar-refractivity contribution in [2.24, 2.45) is 0 Å². The fraction of sp³-hybridized carbons (Fsp3) is 0.533. The molecule has 1 aromatic carbocycles. The second kappa shape index (κ2) is 7.87. The summed E-state index contributed by atoms with van der Waals surface area (Å²) in [5.41, 5.74) is 1.17. The van der Waals surface area contributed by atoms with Crippen molar-refractivity contribution in [2.75, 3.05) is 45.9 Å². The Labute approximate surface area is 120 Å². The summed E-state index contributed by atoms with van der Waals surface area (Å²) >= 11 is 0. The van der Waals surface area contributed by atoms with Gasteiger partial charge in [-0.15, -0.1) is 0 Å². The molecule has 0 saturated carbocycles. The smallest absolute Gasteiger partial charge is 0.234 e. The van der Waals surface area contributed by atoms with Gasteiger partial charge in [0.25, 0.3) is 0 Å². The van der Waals surface area contributed by atoms with E-state index in [2.05, 4.69) is 15.5 Å². The van der Waals surface area contributed by atoms with Crippen LogP contribution in [0.5, 0.6) is 5.75 Å². The first kappa shape index (κ1) is 14.8. The van der Waals surface area contributed by atoms with E-state index in [-0.39, 0.29) is 5.91 Å². The molecule has 110 valence electrons. The SMILES string of the molecule is Cc1cccc(OCCNC(=O)CN2CCNCC2)c1. The number of hydrogen-bond donors (Lipinski definition) is 2. The largest absolute Gasteiger partial charge is 0.492 e. The lowest BCUT2D eigenvalue weighted by atomic mass is 10.2. The minimum atomic E-state index is 0.0692. The van der Waals surface area contributed by atoms with Gasteiger partial charge < -0.3 is 15.4 Å². The van der Waals surface area contributed by atoms with E-state index >= 15 is 0 Å².